The summed E-state index contributed by atoms with van der Waals surface area (Å²) in [6.45, 7) is 4.99. The first-order valence-electron chi connectivity index (χ1n) is 10.3. The number of amides is 2. The number of hydrogen-bond acceptors (Lipinski definition) is 4. The summed E-state index contributed by atoms with van der Waals surface area (Å²) in [5.41, 5.74) is 0.993. The summed E-state index contributed by atoms with van der Waals surface area (Å²) in [7, 11) is 0. The number of benzene rings is 1. The molecule has 1 atom stereocenters. The summed E-state index contributed by atoms with van der Waals surface area (Å²) >= 11 is 6.03. The molecule has 0 bridgehead atoms. The minimum Gasteiger partial charge on any atom is -0.480 e. The van der Waals surface area contributed by atoms with Gasteiger partial charge in [0.25, 0.3) is 5.91 Å². The molecule has 4 rings (SSSR count). The molecule has 0 spiro atoms. The normalized spacial score (nSPS) is 23.1. The fourth-order valence-corrected chi connectivity index (χ4v) is 4.49. The van der Waals surface area contributed by atoms with Gasteiger partial charge in [-0.15, -0.1) is 0 Å². The average Bonchev–Trinajstić information content (AvgIpc) is 2.92. The number of likely N-dealkylation sites (tertiary alicyclic amines) is 1. The van der Waals surface area contributed by atoms with E-state index in [9.17, 15) is 9.59 Å². The van der Waals surface area contributed by atoms with Crippen LogP contribution in [0.2, 0.25) is 5.02 Å². The number of carbonyl (C=O) groups is 2. The molecule has 2 saturated heterocycles. The Morgan fingerprint density at radius 2 is 1.68 bits per heavy atom. The van der Waals surface area contributed by atoms with Gasteiger partial charge in [-0.3, -0.25) is 14.5 Å². The van der Waals surface area contributed by atoms with E-state index in [1.165, 1.54) is 12.8 Å². The van der Waals surface area contributed by atoms with E-state index in [-0.39, 0.29) is 11.8 Å². The molecular weight excluding hydrogens is 378 g/mol. The minimum absolute atomic E-state index is 0.0332. The fraction of sp³-hybridized carbons (Fsp3) is 0.619. The van der Waals surface area contributed by atoms with Crippen molar-refractivity contribution in [1.82, 2.24) is 14.7 Å². The highest BCUT2D eigenvalue weighted by molar-refractivity contribution is 6.30. The number of piperazine rings is 1. The van der Waals surface area contributed by atoms with Gasteiger partial charge < -0.3 is 14.5 Å². The summed E-state index contributed by atoms with van der Waals surface area (Å²) < 4.78 is 5.84. The van der Waals surface area contributed by atoms with E-state index in [1.54, 1.807) is 6.07 Å². The molecule has 152 valence electrons. The van der Waals surface area contributed by atoms with Crippen molar-refractivity contribution >= 4 is 23.4 Å². The van der Waals surface area contributed by atoms with Gasteiger partial charge in [0.2, 0.25) is 5.91 Å². The lowest BCUT2D eigenvalue weighted by atomic mass is 10.1. The van der Waals surface area contributed by atoms with Gasteiger partial charge in [-0.2, -0.15) is 0 Å². The van der Waals surface area contributed by atoms with Gasteiger partial charge in [-0.1, -0.05) is 24.4 Å². The third-order valence-corrected chi connectivity index (χ3v) is 6.21. The molecule has 1 aromatic rings. The maximum absolute atomic E-state index is 12.8. The van der Waals surface area contributed by atoms with E-state index in [2.05, 4.69) is 4.90 Å². The van der Waals surface area contributed by atoms with E-state index in [0.29, 0.717) is 31.1 Å². The second-order valence-electron chi connectivity index (χ2n) is 7.96. The van der Waals surface area contributed by atoms with Crippen LogP contribution in [0.1, 0.15) is 31.2 Å². The first-order chi connectivity index (χ1) is 13.6. The molecule has 0 aromatic heterocycles. The Labute approximate surface area is 171 Å². The lowest BCUT2D eigenvalue weighted by molar-refractivity contribution is -0.140. The molecule has 6 nitrogen and oxygen atoms in total. The van der Waals surface area contributed by atoms with Crippen LogP contribution in [0, 0.1) is 0 Å². The monoisotopic (exact) mass is 405 g/mol. The maximum Gasteiger partial charge on any atom is 0.264 e. The van der Waals surface area contributed by atoms with Crippen molar-refractivity contribution in [2.75, 3.05) is 45.8 Å². The molecule has 0 saturated carbocycles. The summed E-state index contributed by atoms with van der Waals surface area (Å²) in [6.07, 6.45) is 4.79. The molecule has 0 N–H and O–H groups in total. The Hall–Kier alpha value is -1.79. The van der Waals surface area contributed by atoms with Crippen molar-refractivity contribution in [3.8, 4) is 5.75 Å². The SMILES string of the molecule is O=C(CN1CCN(C(=O)C2Cc3cc(Cl)ccc3O2)CC1)N1CCCCCC1. The van der Waals surface area contributed by atoms with Crippen molar-refractivity contribution < 1.29 is 14.3 Å². The van der Waals surface area contributed by atoms with Crippen LogP contribution in [0.5, 0.6) is 5.75 Å². The molecule has 28 heavy (non-hydrogen) atoms. The lowest BCUT2D eigenvalue weighted by Crippen LogP contribution is -2.54. The highest BCUT2D eigenvalue weighted by Crippen LogP contribution is 2.31. The second-order valence-corrected chi connectivity index (χ2v) is 8.40. The number of halogens is 1. The first kappa shape index (κ1) is 19.5. The Morgan fingerprint density at radius 3 is 2.39 bits per heavy atom. The standard InChI is InChI=1S/C21H28ClN3O3/c22-17-5-6-18-16(13-17)14-19(28-18)21(27)25-11-9-23(10-12-25)15-20(26)24-7-3-1-2-4-8-24/h5-6,13,19H,1-4,7-12,14-15H2. The smallest absolute Gasteiger partial charge is 0.264 e. The van der Waals surface area contributed by atoms with Crippen LogP contribution >= 0.6 is 11.6 Å². The van der Waals surface area contributed by atoms with Crippen LogP contribution in [-0.4, -0.2) is 78.4 Å². The van der Waals surface area contributed by atoms with Crippen LogP contribution in [0.3, 0.4) is 0 Å². The van der Waals surface area contributed by atoms with Crippen molar-refractivity contribution in [2.24, 2.45) is 0 Å². The second kappa shape index (κ2) is 8.70. The van der Waals surface area contributed by atoms with Gasteiger partial charge in [0.15, 0.2) is 6.10 Å². The summed E-state index contributed by atoms with van der Waals surface area (Å²) in [4.78, 5) is 31.5. The minimum atomic E-state index is -0.459. The van der Waals surface area contributed by atoms with Gasteiger partial charge in [0.05, 0.1) is 6.54 Å². The summed E-state index contributed by atoms with van der Waals surface area (Å²) in [5, 5.41) is 0.665. The molecule has 3 heterocycles. The Kier molecular flexibility index (Phi) is 6.07. The topological polar surface area (TPSA) is 53.1 Å². The maximum atomic E-state index is 12.8. The Balaban J connectivity index is 1.25. The fourth-order valence-electron chi connectivity index (χ4n) is 4.30. The van der Waals surface area contributed by atoms with E-state index < -0.39 is 6.10 Å². The van der Waals surface area contributed by atoms with Gasteiger partial charge in [-0.25, -0.2) is 0 Å². The Bertz CT molecular complexity index is 726. The van der Waals surface area contributed by atoms with E-state index in [4.69, 9.17) is 16.3 Å². The molecule has 7 heteroatoms. The molecule has 3 aliphatic rings. The highest BCUT2D eigenvalue weighted by atomic mass is 35.5. The molecule has 0 aliphatic carbocycles. The average molecular weight is 406 g/mol. The molecule has 0 radical (unpaired) electrons. The van der Waals surface area contributed by atoms with Crippen molar-refractivity contribution in [3.05, 3.63) is 28.8 Å². The zero-order valence-corrected chi connectivity index (χ0v) is 17.0. The quantitative estimate of drug-likeness (QED) is 0.773. The third kappa shape index (κ3) is 4.44. The van der Waals surface area contributed by atoms with E-state index in [0.717, 1.165) is 50.3 Å². The largest absolute Gasteiger partial charge is 0.480 e. The van der Waals surface area contributed by atoms with Gasteiger partial charge in [0, 0.05) is 50.7 Å². The number of fused-ring (bicyclic) bond motifs is 1. The number of ether oxygens (including phenoxy) is 1. The van der Waals surface area contributed by atoms with Gasteiger partial charge >= 0.3 is 0 Å². The number of hydrogen-bond donors (Lipinski definition) is 0. The third-order valence-electron chi connectivity index (χ3n) is 5.97. The predicted molar refractivity (Wildman–Crippen MR) is 108 cm³/mol. The molecule has 2 amide bonds. The Morgan fingerprint density at radius 1 is 0.964 bits per heavy atom. The molecule has 2 fully saturated rings. The summed E-state index contributed by atoms with van der Waals surface area (Å²) in [5.74, 6) is 1.02. The first-order valence-corrected chi connectivity index (χ1v) is 10.7. The zero-order chi connectivity index (χ0) is 19.5. The number of rotatable bonds is 3. The van der Waals surface area contributed by atoms with Crippen molar-refractivity contribution in [1.29, 1.82) is 0 Å². The number of carbonyl (C=O) groups excluding carboxylic acids is 2. The summed E-state index contributed by atoms with van der Waals surface area (Å²) in [6, 6.07) is 5.49. The molecule has 3 aliphatic heterocycles. The predicted octanol–water partition coefficient (Wildman–Crippen LogP) is 2.19. The van der Waals surface area contributed by atoms with Crippen LogP contribution in [-0.2, 0) is 16.0 Å². The van der Waals surface area contributed by atoms with Gasteiger partial charge in [0.1, 0.15) is 5.75 Å². The van der Waals surface area contributed by atoms with E-state index >= 15 is 0 Å². The molecular formula is C21H28ClN3O3. The molecule has 1 aromatic carbocycles. The van der Waals surface area contributed by atoms with Crippen LogP contribution in [0.4, 0.5) is 0 Å². The zero-order valence-electron chi connectivity index (χ0n) is 16.2. The number of nitrogens with zero attached hydrogens (tertiary/aromatic N) is 3. The van der Waals surface area contributed by atoms with Gasteiger partial charge in [-0.05, 0) is 36.6 Å². The van der Waals surface area contributed by atoms with E-state index in [1.807, 2.05) is 21.9 Å². The van der Waals surface area contributed by atoms with Crippen LogP contribution in [0.15, 0.2) is 18.2 Å². The van der Waals surface area contributed by atoms with Crippen molar-refractivity contribution in [2.45, 2.75) is 38.2 Å². The van der Waals surface area contributed by atoms with Crippen LogP contribution < -0.4 is 4.74 Å². The molecule has 1 unspecified atom stereocenters. The highest BCUT2D eigenvalue weighted by Gasteiger charge is 2.34. The lowest BCUT2D eigenvalue weighted by Gasteiger charge is -2.36. The van der Waals surface area contributed by atoms with Crippen molar-refractivity contribution in [3.63, 3.8) is 0 Å². The van der Waals surface area contributed by atoms with Crippen LogP contribution in [0.25, 0.3) is 0 Å².